The minimum Gasteiger partial charge on any atom is -0.395 e. The summed E-state index contributed by atoms with van der Waals surface area (Å²) in [5, 5.41) is 9.03. The van der Waals surface area contributed by atoms with E-state index in [4.69, 9.17) is 23.1 Å². The third kappa shape index (κ3) is 3.92. The Balaban J connectivity index is 2.91. The van der Waals surface area contributed by atoms with E-state index in [9.17, 15) is 4.39 Å². The molecule has 0 aliphatic rings. The summed E-state index contributed by atoms with van der Waals surface area (Å²) in [6.45, 7) is 3.42. The quantitative estimate of drug-likeness (QED) is 0.745. The van der Waals surface area contributed by atoms with Crippen LogP contribution in [-0.4, -0.2) is 29.8 Å². The summed E-state index contributed by atoms with van der Waals surface area (Å²) in [4.78, 5) is 2.01. The maximum absolute atomic E-state index is 13.8. The van der Waals surface area contributed by atoms with Crippen molar-refractivity contribution in [3.63, 3.8) is 0 Å². The molecule has 18 heavy (non-hydrogen) atoms. The second kappa shape index (κ2) is 7.28. The van der Waals surface area contributed by atoms with Crippen LogP contribution in [0.15, 0.2) is 18.2 Å². The van der Waals surface area contributed by atoms with Gasteiger partial charge in [0, 0.05) is 24.3 Å². The highest BCUT2D eigenvalue weighted by Crippen LogP contribution is 2.19. The van der Waals surface area contributed by atoms with E-state index in [1.807, 2.05) is 4.90 Å². The van der Waals surface area contributed by atoms with Crippen LogP contribution in [0, 0.1) is 5.82 Å². The molecule has 5 heteroatoms. The molecule has 1 rings (SSSR count). The molecule has 0 heterocycles. The molecule has 0 fully saturated rings. The Morgan fingerprint density at radius 1 is 1.44 bits per heavy atom. The summed E-state index contributed by atoms with van der Waals surface area (Å²) in [5.74, 6) is -0.417. The highest BCUT2D eigenvalue weighted by molar-refractivity contribution is 7.80. The molecule has 1 aromatic rings. The molecule has 0 aromatic heterocycles. The summed E-state index contributed by atoms with van der Waals surface area (Å²) in [6, 6.07) is 4.78. The molecular weight excluding hydrogens is 251 g/mol. The summed E-state index contributed by atoms with van der Waals surface area (Å²) in [6.07, 6.45) is 2.05. The van der Waals surface area contributed by atoms with E-state index in [1.54, 1.807) is 12.1 Å². The van der Waals surface area contributed by atoms with Crippen molar-refractivity contribution in [2.24, 2.45) is 5.73 Å². The molecule has 100 valence electrons. The Morgan fingerprint density at radius 2 is 2.17 bits per heavy atom. The number of nitrogens with zero attached hydrogens (tertiary/aromatic N) is 1. The standard InChI is InChI=1S/C13H19FN2OS/c1-2-3-6-16(7-8-17)10-4-5-11(13(15)18)12(14)9-10/h4-5,9,17H,2-3,6-8H2,1H3,(H2,15,18). The fraction of sp³-hybridized carbons (Fsp3) is 0.462. The van der Waals surface area contributed by atoms with Crippen LogP contribution in [0.3, 0.4) is 0 Å². The van der Waals surface area contributed by atoms with Crippen molar-refractivity contribution in [2.75, 3.05) is 24.6 Å². The van der Waals surface area contributed by atoms with Crippen LogP contribution in [0.25, 0.3) is 0 Å². The number of nitrogens with two attached hydrogens (primary N) is 1. The zero-order valence-electron chi connectivity index (χ0n) is 10.5. The third-order valence-corrected chi connectivity index (χ3v) is 2.95. The zero-order chi connectivity index (χ0) is 13.5. The lowest BCUT2D eigenvalue weighted by molar-refractivity contribution is 0.301. The van der Waals surface area contributed by atoms with Gasteiger partial charge in [0.05, 0.1) is 6.61 Å². The molecule has 0 saturated heterocycles. The van der Waals surface area contributed by atoms with Gasteiger partial charge in [0.15, 0.2) is 0 Å². The van der Waals surface area contributed by atoms with Gasteiger partial charge in [0.1, 0.15) is 10.8 Å². The molecule has 0 saturated carbocycles. The molecule has 3 N–H and O–H groups in total. The van der Waals surface area contributed by atoms with Crippen LogP contribution in [0.5, 0.6) is 0 Å². The van der Waals surface area contributed by atoms with Gasteiger partial charge in [-0.25, -0.2) is 4.39 Å². The lowest BCUT2D eigenvalue weighted by Gasteiger charge is -2.24. The smallest absolute Gasteiger partial charge is 0.135 e. The largest absolute Gasteiger partial charge is 0.395 e. The zero-order valence-corrected chi connectivity index (χ0v) is 11.3. The van der Waals surface area contributed by atoms with Crippen LogP contribution in [0.2, 0.25) is 0 Å². The predicted molar refractivity (Wildman–Crippen MR) is 76.5 cm³/mol. The van der Waals surface area contributed by atoms with E-state index in [2.05, 4.69) is 6.92 Å². The van der Waals surface area contributed by atoms with Crippen molar-refractivity contribution in [2.45, 2.75) is 19.8 Å². The highest BCUT2D eigenvalue weighted by Gasteiger charge is 2.10. The van der Waals surface area contributed by atoms with Gasteiger partial charge < -0.3 is 15.7 Å². The van der Waals surface area contributed by atoms with Gasteiger partial charge in [-0.1, -0.05) is 25.6 Å². The average molecular weight is 270 g/mol. The number of aliphatic hydroxyl groups excluding tert-OH is 1. The fourth-order valence-corrected chi connectivity index (χ4v) is 1.91. The van der Waals surface area contributed by atoms with Gasteiger partial charge in [-0.3, -0.25) is 0 Å². The average Bonchev–Trinajstić information content (AvgIpc) is 2.33. The normalized spacial score (nSPS) is 10.4. The molecule has 0 aliphatic heterocycles. The molecule has 0 radical (unpaired) electrons. The number of unbranched alkanes of at least 4 members (excludes halogenated alkanes) is 1. The van der Waals surface area contributed by atoms with Crippen LogP contribution in [-0.2, 0) is 0 Å². The van der Waals surface area contributed by atoms with Gasteiger partial charge in [0.25, 0.3) is 0 Å². The molecule has 0 aliphatic carbocycles. The molecule has 0 unspecified atom stereocenters. The molecule has 0 spiro atoms. The van der Waals surface area contributed by atoms with E-state index < -0.39 is 5.82 Å². The van der Waals surface area contributed by atoms with Crippen LogP contribution in [0.1, 0.15) is 25.3 Å². The highest BCUT2D eigenvalue weighted by atomic mass is 32.1. The summed E-state index contributed by atoms with van der Waals surface area (Å²) < 4.78 is 13.8. The summed E-state index contributed by atoms with van der Waals surface area (Å²) >= 11 is 4.76. The van der Waals surface area contributed by atoms with E-state index in [0.717, 1.165) is 25.1 Å². The number of rotatable bonds is 7. The number of thiocarbonyl (C=S) groups is 1. The maximum atomic E-state index is 13.8. The molecular formula is C13H19FN2OS. The Kier molecular flexibility index (Phi) is 6.01. The minimum atomic E-state index is -0.417. The first-order valence-corrected chi connectivity index (χ1v) is 6.46. The second-order valence-electron chi connectivity index (χ2n) is 4.09. The van der Waals surface area contributed by atoms with Crippen LogP contribution >= 0.6 is 12.2 Å². The van der Waals surface area contributed by atoms with Crippen molar-refractivity contribution in [3.05, 3.63) is 29.6 Å². The van der Waals surface area contributed by atoms with Crippen molar-refractivity contribution in [1.29, 1.82) is 0 Å². The molecule has 0 atom stereocenters. The monoisotopic (exact) mass is 270 g/mol. The Bertz CT molecular complexity index is 412. The number of hydrogen-bond acceptors (Lipinski definition) is 3. The number of halogens is 1. The molecule has 3 nitrogen and oxygen atoms in total. The lowest BCUT2D eigenvalue weighted by atomic mass is 10.1. The summed E-state index contributed by atoms with van der Waals surface area (Å²) in [7, 11) is 0. The van der Waals surface area contributed by atoms with Gasteiger partial charge in [-0.15, -0.1) is 0 Å². The number of aliphatic hydroxyl groups is 1. The van der Waals surface area contributed by atoms with Crippen LogP contribution in [0.4, 0.5) is 10.1 Å². The molecule has 0 bridgehead atoms. The second-order valence-corrected chi connectivity index (χ2v) is 4.53. The number of anilines is 1. The molecule has 0 amide bonds. The van der Waals surface area contributed by atoms with E-state index in [0.29, 0.717) is 6.54 Å². The van der Waals surface area contributed by atoms with Crippen molar-refractivity contribution in [1.82, 2.24) is 0 Å². The van der Waals surface area contributed by atoms with E-state index in [-0.39, 0.29) is 17.2 Å². The van der Waals surface area contributed by atoms with Gasteiger partial charge in [-0.05, 0) is 24.6 Å². The van der Waals surface area contributed by atoms with E-state index >= 15 is 0 Å². The predicted octanol–water partition coefficient (Wildman–Crippen LogP) is 2.06. The fourth-order valence-electron chi connectivity index (χ4n) is 1.74. The topological polar surface area (TPSA) is 49.5 Å². The third-order valence-electron chi connectivity index (χ3n) is 2.73. The van der Waals surface area contributed by atoms with Crippen molar-refractivity contribution in [3.8, 4) is 0 Å². The Labute approximate surface area is 112 Å². The first-order chi connectivity index (χ1) is 8.60. The van der Waals surface area contributed by atoms with Gasteiger partial charge in [-0.2, -0.15) is 0 Å². The first-order valence-electron chi connectivity index (χ1n) is 6.05. The van der Waals surface area contributed by atoms with Crippen molar-refractivity contribution >= 4 is 22.9 Å². The molecule has 1 aromatic carbocycles. The van der Waals surface area contributed by atoms with Crippen molar-refractivity contribution < 1.29 is 9.50 Å². The SMILES string of the molecule is CCCCN(CCO)c1ccc(C(N)=S)c(F)c1. The maximum Gasteiger partial charge on any atom is 0.135 e. The Hall–Kier alpha value is -1.20. The summed E-state index contributed by atoms with van der Waals surface area (Å²) in [5.41, 5.74) is 6.42. The van der Waals surface area contributed by atoms with Crippen LogP contribution < -0.4 is 10.6 Å². The number of benzene rings is 1. The van der Waals surface area contributed by atoms with E-state index in [1.165, 1.54) is 6.07 Å². The number of hydrogen-bond donors (Lipinski definition) is 2. The lowest BCUT2D eigenvalue weighted by Crippen LogP contribution is -2.28. The van der Waals surface area contributed by atoms with Gasteiger partial charge in [0.2, 0.25) is 0 Å². The first kappa shape index (κ1) is 14.9. The Morgan fingerprint density at radius 3 is 2.67 bits per heavy atom. The van der Waals surface area contributed by atoms with Gasteiger partial charge >= 0.3 is 0 Å². The minimum absolute atomic E-state index is 0.0440.